The molecule has 0 aliphatic heterocycles. The van der Waals surface area contributed by atoms with Crippen LogP contribution in [0.5, 0.6) is 0 Å². The molecule has 1 amide bonds. The summed E-state index contributed by atoms with van der Waals surface area (Å²) in [5, 5.41) is 4.25. The first-order valence-electron chi connectivity index (χ1n) is 10.9. The van der Waals surface area contributed by atoms with Gasteiger partial charge in [0.2, 0.25) is 5.55 Å². The first-order valence-corrected chi connectivity index (χ1v) is 11.3. The Labute approximate surface area is 202 Å². The lowest BCUT2D eigenvalue weighted by Gasteiger charge is -2.09. The van der Waals surface area contributed by atoms with Gasteiger partial charge >= 0.3 is 0 Å². The third-order valence-corrected chi connectivity index (χ3v) is 5.78. The molecule has 166 valence electrons. The molecule has 5 aromatic rings. The van der Waals surface area contributed by atoms with Crippen molar-refractivity contribution in [2.45, 2.75) is 6.92 Å². The number of hydrogen-bond acceptors (Lipinski definition) is 3. The average Bonchev–Trinajstić information content (AvgIpc) is 2.86. The Morgan fingerprint density at radius 1 is 0.824 bits per heavy atom. The van der Waals surface area contributed by atoms with Gasteiger partial charge in [-0.05, 0) is 66.1 Å². The standard InChI is InChI=1S/C29H21ClN2O2/c1-19-7-5-6-10-26(19)32-29-25(18-22-17-23(30)13-16-27(22)34-29)28(33)31-24-14-11-21(12-15-24)20-8-3-2-4-9-20/h2-18H,1H3,(H,31,33). The van der Waals surface area contributed by atoms with Crippen molar-refractivity contribution in [1.82, 2.24) is 0 Å². The molecular weight excluding hydrogens is 444 g/mol. The van der Waals surface area contributed by atoms with Crippen LogP contribution in [0, 0.1) is 6.92 Å². The predicted molar refractivity (Wildman–Crippen MR) is 137 cm³/mol. The number of anilines is 1. The summed E-state index contributed by atoms with van der Waals surface area (Å²) < 4.78 is 6.06. The molecule has 0 atom stereocenters. The van der Waals surface area contributed by atoms with Crippen LogP contribution in [0.15, 0.2) is 113 Å². The fourth-order valence-electron chi connectivity index (χ4n) is 3.72. The van der Waals surface area contributed by atoms with E-state index in [1.807, 2.05) is 73.7 Å². The second kappa shape index (κ2) is 9.38. The van der Waals surface area contributed by atoms with Gasteiger partial charge in [-0.15, -0.1) is 0 Å². The summed E-state index contributed by atoms with van der Waals surface area (Å²) in [7, 11) is 0. The van der Waals surface area contributed by atoms with Crippen LogP contribution in [0.4, 0.5) is 11.4 Å². The molecule has 0 saturated heterocycles. The molecule has 0 spiro atoms. The van der Waals surface area contributed by atoms with E-state index in [4.69, 9.17) is 16.0 Å². The molecular formula is C29H21ClN2O2. The molecule has 0 aliphatic carbocycles. The first-order chi connectivity index (χ1) is 16.6. The lowest BCUT2D eigenvalue weighted by atomic mass is 10.1. The van der Waals surface area contributed by atoms with Gasteiger partial charge in [0.1, 0.15) is 11.1 Å². The van der Waals surface area contributed by atoms with Crippen molar-refractivity contribution >= 4 is 39.9 Å². The van der Waals surface area contributed by atoms with Crippen molar-refractivity contribution < 1.29 is 9.21 Å². The molecule has 4 nitrogen and oxygen atoms in total. The Morgan fingerprint density at radius 3 is 2.29 bits per heavy atom. The summed E-state index contributed by atoms with van der Waals surface area (Å²) in [5.41, 5.74) is 5.75. The number of halogens is 1. The molecule has 0 saturated carbocycles. The molecule has 0 unspecified atom stereocenters. The van der Waals surface area contributed by atoms with Gasteiger partial charge in [-0.1, -0.05) is 72.3 Å². The third-order valence-electron chi connectivity index (χ3n) is 5.54. The predicted octanol–water partition coefficient (Wildman–Crippen LogP) is 7.55. The zero-order valence-electron chi connectivity index (χ0n) is 18.5. The van der Waals surface area contributed by atoms with Gasteiger partial charge in [0, 0.05) is 16.1 Å². The Hall–Kier alpha value is -4.15. The normalized spacial score (nSPS) is 11.5. The van der Waals surface area contributed by atoms with Crippen LogP contribution < -0.4 is 10.9 Å². The van der Waals surface area contributed by atoms with E-state index in [1.54, 1.807) is 24.3 Å². The number of aryl methyl sites for hydroxylation is 1. The highest BCUT2D eigenvalue weighted by Crippen LogP contribution is 2.23. The lowest BCUT2D eigenvalue weighted by Crippen LogP contribution is -2.21. The van der Waals surface area contributed by atoms with Gasteiger partial charge in [0.05, 0.1) is 5.69 Å². The number of rotatable bonds is 4. The summed E-state index contributed by atoms with van der Waals surface area (Å²) >= 11 is 6.17. The Morgan fingerprint density at radius 2 is 1.53 bits per heavy atom. The lowest BCUT2D eigenvalue weighted by molar-refractivity contribution is 0.102. The van der Waals surface area contributed by atoms with Gasteiger partial charge in [-0.3, -0.25) is 4.79 Å². The Kier molecular flexibility index (Phi) is 5.98. The third kappa shape index (κ3) is 4.63. The van der Waals surface area contributed by atoms with E-state index in [9.17, 15) is 4.79 Å². The maximum Gasteiger partial charge on any atom is 0.261 e. The second-order valence-electron chi connectivity index (χ2n) is 7.94. The second-order valence-corrected chi connectivity index (χ2v) is 8.38. The molecule has 1 N–H and O–H groups in total. The fraction of sp³-hybridized carbons (Fsp3) is 0.0345. The number of hydrogen-bond donors (Lipinski definition) is 1. The van der Waals surface area contributed by atoms with Crippen LogP contribution in [0.3, 0.4) is 0 Å². The highest BCUT2D eigenvalue weighted by atomic mass is 35.5. The molecule has 5 heteroatoms. The van der Waals surface area contributed by atoms with Crippen LogP contribution in [-0.2, 0) is 0 Å². The van der Waals surface area contributed by atoms with Crippen LogP contribution in [0.25, 0.3) is 22.1 Å². The number of fused-ring (bicyclic) bond motifs is 1. The minimum Gasteiger partial charge on any atom is -0.438 e. The van der Waals surface area contributed by atoms with E-state index in [-0.39, 0.29) is 11.5 Å². The molecule has 1 aromatic heterocycles. The van der Waals surface area contributed by atoms with Gasteiger partial charge in [0.15, 0.2) is 0 Å². The molecule has 0 bridgehead atoms. The summed E-state index contributed by atoms with van der Waals surface area (Å²) in [5.74, 6) is -0.314. The number of amides is 1. The van der Waals surface area contributed by atoms with Crippen molar-refractivity contribution in [3.8, 4) is 11.1 Å². The van der Waals surface area contributed by atoms with E-state index in [2.05, 4.69) is 22.4 Å². The average molecular weight is 465 g/mol. The van der Waals surface area contributed by atoms with Gasteiger partial charge < -0.3 is 9.73 Å². The molecule has 1 heterocycles. The largest absolute Gasteiger partial charge is 0.438 e. The maximum atomic E-state index is 13.3. The van der Waals surface area contributed by atoms with Crippen LogP contribution in [0.1, 0.15) is 15.9 Å². The van der Waals surface area contributed by atoms with E-state index in [1.165, 1.54) is 0 Å². The summed E-state index contributed by atoms with van der Waals surface area (Å²) in [6, 6.07) is 32.6. The van der Waals surface area contributed by atoms with Crippen molar-refractivity contribution in [3.63, 3.8) is 0 Å². The van der Waals surface area contributed by atoms with E-state index in [0.717, 1.165) is 27.8 Å². The first kappa shape index (κ1) is 21.7. The number of carbonyl (C=O) groups excluding carboxylic acids is 1. The number of benzene rings is 4. The molecule has 4 aromatic carbocycles. The summed E-state index contributed by atoms with van der Waals surface area (Å²) in [6.07, 6.45) is 0. The fourth-order valence-corrected chi connectivity index (χ4v) is 3.90. The number of carbonyl (C=O) groups is 1. The number of para-hydroxylation sites is 1. The summed E-state index contributed by atoms with van der Waals surface area (Å²) in [6.45, 7) is 1.97. The van der Waals surface area contributed by atoms with Gasteiger partial charge in [0.25, 0.3) is 5.91 Å². The van der Waals surface area contributed by atoms with Crippen LogP contribution in [-0.4, -0.2) is 5.91 Å². The zero-order valence-corrected chi connectivity index (χ0v) is 19.2. The minimum atomic E-state index is -0.314. The Balaban J connectivity index is 1.54. The SMILES string of the molecule is Cc1ccccc1N=c1oc2ccc(Cl)cc2cc1C(=O)Nc1ccc(-c2ccccc2)cc1. The number of nitrogens with zero attached hydrogens (tertiary/aromatic N) is 1. The molecule has 5 rings (SSSR count). The zero-order chi connectivity index (χ0) is 23.5. The van der Waals surface area contributed by atoms with E-state index < -0.39 is 0 Å². The van der Waals surface area contributed by atoms with Crippen LogP contribution in [0.2, 0.25) is 5.02 Å². The molecule has 0 aliphatic rings. The van der Waals surface area contributed by atoms with Crippen LogP contribution >= 0.6 is 11.6 Å². The van der Waals surface area contributed by atoms with E-state index in [0.29, 0.717) is 21.9 Å². The summed E-state index contributed by atoms with van der Waals surface area (Å²) in [4.78, 5) is 18.0. The number of nitrogens with one attached hydrogen (secondary N) is 1. The molecule has 0 fully saturated rings. The highest BCUT2D eigenvalue weighted by Gasteiger charge is 2.14. The van der Waals surface area contributed by atoms with Crippen molar-refractivity contribution in [2.75, 3.05) is 5.32 Å². The van der Waals surface area contributed by atoms with Crippen molar-refractivity contribution in [2.24, 2.45) is 4.99 Å². The van der Waals surface area contributed by atoms with E-state index >= 15 is 0 Å². The maximum absolute atomic E-state index is 13.3. The topological polar surface area (TPSA) is 54.6 Å². The van der Waals surface area contributed by atoms with Gasteiger partial charge in [-0.25, -0.2) is 4.99 Å². The van der Waals surface area contributed by atoms with Crippen molar-refractivity contribution in [3.05, 3.63) is 125 Å². The molecule has 0 radical (unpaired) electrons. The Bertz CT molecular complexity index is 1560. The van der Waals surface area contributed by atoms with Gasteiger partial charge in [-0.2, -0.15) is 0 Å². The minimum absolute atomic E-state index is 0.238. The quantitative estimate of drug-likeness (QED) is 0.298. The molecule has 34 heavy (non-hydrogen) atoms. The monoisotopic (exact) mass is 464 g/mol. The van der Waals surface area contributed by atoms with Crippen molar-refractivity contribution in [1.29, 1.82) is 0 Å². The highest BCUT2D eigenvalue weighted by molar-refractivity contribution is 6.31. The smallest absolute Gasteiger partial charge is 0.261 e.